The molecule has 0 aliphatic carbocycles. The number of rotatable bonds is 6. The molecule has 0 amide bonds. The number of aryl methyl sites for hydroxylation is 2. The Kier molecular flexibility index (Phi) is 4.71. The van der Waals surface area contributed by atoms with E-state index >= 15 is 0 Å². The summed E-state index contributed by atoms with van der Waals surface area (Å²) in [5, 5.41) is 0. The molecule has 19 heavy (non-hydrogen) atoms. The second kappa shape index (κ2) is 6.50. The summed E-state index contributed by atoms with van der Waals surface area (Å²) in [4.78, 5) is 4.44. The lowest BCUT2D eigenvalue weighted by Crippen LogP contribution is -2.31. The molecule has 0 saturated carbocycles. The zero-order valence-corrected chi connectivity index (χ0v) is 11.6. The first-order valence-electron chi connectivity index (χ1n) is 6.77. The van der Waals surface area contributed by atoms with Crippen LogP contribution in [0.4, 0.5) is 0 Å². The SMILES string of the molecule is CCCn1ccnc1C(Cc1ccc(C)cc1)NN. The number of hydrogen-bond donors (Lipinski definition) is 2. The third-order valence-corrected chi connectivity index (χ3v) is 3.29. The van der Waals surface area contributed by atoms with E-state index in [1.165, 1.54) is 11.1 Å². The highest BCUT2D eigenvalue weighted by Crippen LogP contribution is 2.17. The zero-order chi connectivity index (χ0) is 13.7. The van der Waals surface area contributed by atoms with E-state index in [-0.39, 0.29) is 6.04 Å². The van der Waals surface area contributed by atoms with Gasteiger partial charge in [0.25, 0.3) is 0 Å². The Morgan fingerprint density at radius 2 is 2.05 bits per heavy atom. The summed E-state index contributed by atoms with van der Waals surface area (Å²) in [6, 6.07) is 8.59. The van der Waals surface area contributed by atoms with Gasteiger partial charge < -0.3 is 4.57 Å². The summed E-state index contributed by atoms with van der Waals surface area (Å²) in [5.74, 6) is 6.71. The van der Waals surface area contributed by atoms with Gasteiger partial charge in [-0.05, 0) is 25.3 Å². The lowest BCUT2D eigenvalue weighted by molar-refractivity contribution is 0.488. The molecule has 0 fully saturated rings. The standard InChI is InChI=1S/C15H22N4/c1-3-9-19-10-8-17-15(19)14(18-16)11-13-6-4-12(2)5-7-13/h4-8,10,14,18H,3,9,11,16H2,1-2H3. The van der Waals surface area contributed by atoms with Crippen molar-refractivity contribution >= 4 is 0 Å². The monoisotopic (exact) mass is 258 g/mol. The number of imidazole rings is 1. The molecule has 0 aliphatic heterocycles. The Bertz CT molecular complexity index is 501. The van der Waals surface area contributed by atoms with Gasteiger partial charge in [0.15, 0.2) is 0 Å². The van der Waals surface area contributed by atoms with E-state index in [0.717, 1.165) is 25.2 Å². The van der Waals surface area contributed by atoms with Crippen molar-refractivity contribution in [3.05, 3.63) is 53.6 Å². The van der Waals surface area contributed by atoms with Gasteiger partial charge in [0.05, 0.1) is 6.04 Å². The third kappa shape index (κ3) is 3.43. The van der Waals surface area contributed by atoms with Gasteiger partial charge in [-0.3, -0.25) is 5.84 Å². The molecular formula is C15H22N4. The highest BCUT2D eigenvalue weighted by atomic mass is 15.3. The number of nitrogens with two attached hydrogens (primary N) is 1. The van der Waals surface area contributed by atoms with Gasteiger partial charge in [0.2, 0.25) is 0 Å². The number of aromatic nitrogens is 2. The molecule has 0 bridgehead atoms. The fraction of sp³-hybridized carbons (Fsp3) is 0.400. The summed E-state index contributed by atoms with van der Waals surface area (Å²) < 4.78 is 2.17. The van der Waals surface area contributed by atoms with Gasteiger partial charge in [0, 0.05) is 18.9 Å². The molecule has 2 rings (SSSR count). The summed E-state index contributed by atoms with van der Waals surface area (Å²) in [6.45, 7) is 5.23. The zero-order valence-electron chi connectivity index (χ0n) is 11.6. The fourth-order valence-corrected chi connectivity index (χ4v) is 2.25. The van der Waals surface area contributed by atoms with Crippen LogP contribution in [0, 0.1) is 6.92 Å². The predicted octanol–water partition coefficient (Wildman–Crippen LogP) is 2.35. The van der Waals surface area contributed by atoms with Gasteiger partial charge in [-0.2, -0.15) is 0 Å². The number of hydrogen-bond acceptors (Lipinski definition) is 3. The van der Waals surface area contributed by atoms with E-state index < -0.39 is 0 Å². The van der Waals surface area contributed by atoms with Crippen molar-refractivity contribution in [2.24, 2.45) is 5.84 Å². The van der Waals surface area contributed by atoms with Crippen LogP contribution in [-0.4, -0.2) is 9.55 Å². The van der Waals surface area contributed by atoms with Crippen molar-refractivity contribution < 1.29 is 0 Å². The minimum atomic E-state index is 0.0456. The van der Waals surface area contributed by atoms with Crippen LogP contribution in [0.2, 0.25) is 0 Å². The first kappa shape index (κ1) is 13.8. The van der Waals surface area contributed by atoms with Crippen molar-refractivity contribution in [2.75, 3.05) is 0 Å². The lowest BCUT2D eigenvalue weighted by atomic mass is 10.0. The highest BCUT2D eigenvalue weighted by molar-refractivity contribution is 5.23. The molecule has 3 N–H and O–H groups in total. The van der Waals surface area contributed by atoms with Crippen LogP contribution >= 0.6 is 0 Å². The lowest BCUT2D eigenvalue weighted by Gasteiger charge is -2.17. The van der Waals surface area contributed by atoms with Crippen LogP contribution in [0.5, 0.6) is 0 Å². The molecular weight excluding hydrogens is 236 g/mol. The Balaban J connectivity index is 2.15. The van der Waals surface area contributed by atoms with Crippen molar-refractivity contribution in [3.63, 3.8) is 0 Å². The highest BCUT2D eigenvalue weighted by Gasteiger charge is 2.15. The smallest absolute Gasteiger partial charge is 0.127 e. The van der Waals surface area contributed by atoms with Crippen LogP contribution in [0.3, 0.4) is 0 Å². The van der Waals surface area contributed by atoms with E-state index in [1.54, 1.807) is 0 Å². The molecule has 0 spiro atoms. The second-order valence-electron chi connectivity index (χ2n) is 4.89. The average molecular weight is 258 g/mol. The third-order valence-electron chi connectivity index (χ3n) is 3.29. The van der Waals surface area contributed by atoms with Gasteiger partial charge in [-0.1, -0.05) is 36.8 Å². The molecule has 0 radical (unpaired) electrons. The Labute approximate surface area is 114 Å². The predicted molar refractivity (Wildman–Crippen MR) is 77.5 cm³/mol. The van der Waals surface area contributed by atoms with Crippen molar-refractivity contribution in [1.82, 2.24) is 15.0 Å². The molecule has 1 unspecified atom stereocenters. The van der Waals surface area contributed by atoms with Gasteiger partial charge in [-0.15, -0.1) is 0 Å². The Morgan fingerprint density at radius 3 is 2.68 bits per heavy atom. The average Bonchev–Trinajstić information content (AvgIpc) is 2.87. The fourth-order valence-electron chi connectivity index (χ4n) is 2.25. The molecule has 4 nitrogen and oxygen atoms in total. The van der Waals surface area contributed by atoms with Crippen LogP contribution in [0.25, 0.3) is 0 Å². The minimum Gasteiger partial charge on any atom is -0.334 e. The summed E-state index contributed by atoms with van der Waals surface area (Å²) in [7, 11) is 0. The first-order chi connectivity index (χ1) is 9.24. The number of nitrogens with zero attached hydrogens (tertiary/aromatic N) is 2. The maximum atomic E-state index is 5.70. The molecule has 0 aliphatic rings. The quantitative estimate of drug-likeness (QED) is 0.617. The van der Waals surface area contributed by atoms with E-state index in [0.29, 0.717) is 0 Å². The van der Waals surface area contributed by atoms with Crippen molar-refractivity contribution in [3.8, 4) is 0 Å². The molecule has 4 heteroatoms. The second-order valence-corrected chi connectivity index (χ2v) is 4.89. The molecule has 1 aromatic carbocycles. The minimum absolute atomic E-state index is 0.0456. The van der Waals surface area contributed by atoms with E-state index in [4.69, 9.17) is 5.84 Å². The van der Waals surface area contributed by atoms with Crippen LogP contribution in [0.15, 0.2) is 36.7 Å². The molecule has 2 aromatic rings. The van der Waals surface area contributed by atoms with Crippen LogP contribution in [0.1, 0.15) is 36.3 Å². The van der Waals surface area contributed by atoms with Gasteiger partial charge in [-0.25, -0.2) is 10.4 Å². The van der Waals surface area contributed by atoms with Gasteiger partial charge in [0.1, 0.15) is 5.82 Å². The van der Waals surface area contributed by atoms with Crippen LogP contribution < -0.4 is 11.3 Å². The topological polar surface area (TPSA) is 55.9 Å². The van der Waals surface area contributed by atoms with Crippen LogP contribution in [-0.2, 0) is 13.0 Å². The number of nitrogens with one attached hydrogen (secondary N) is 1. The summed E-state index contributed by atoms with van der Waals surface area (Å²) in [5.41, 5.74) is 5.42. The molecule has 0 saturated heterocycles. The normalized spacial score (nSPS) is 12.6. The maximum Gasteiger partial charge on any atom is 0.127 e. The Hall–Kier alpha value is -1.65. The largest absolute Gasteiger partial charge is 0.334 e. The van der Waals surface area contributed by atoms with E-state index in [1.807, 2.05) is 12.4 Å². The molecule has 102 valence electrons. The molecule has 1 atom stereocenters. The molecule has 1 heterocycles. The van der Waals surface area contributed by atoms with Gasteiger partial charge >= 0.3 is 0 Å². The summed E-state index contributed by atoms with van der Waals surface area (Å²) >= 11 is 0. The summed E-state index contributed by atoms with van der Waals surface area (Å²) in [6.07, 6.45) is 5.78. The van der Waals surface area contributed by atoms with E-state index in [2.05, 4.69) is 53.1 Å². The number of hydrazine groups is 1. The van der Waals surface area contributed by atoms with Crippen molar-refractivity contribution in [1.29, 1.82) is 0 Å². The van der Waals surface area contributed by atoms with E-state index in [9.17, 15) is 0 Å². The maximum absolute atomic E-state index is 5.70. The number of benzene rings is 1. The van der Waals surface area contributed by atoms with Crippen molar-refractivity contribution in [2.45, 2.75) is 39.3 Å². The molecule has 1 aromatic heterocycles. The first-order valence-corrected chi connectivity index (χ1v) is 6.77. The Morgan fingerprint density at radius 1 is 1.32 bits per heavy atom.